The lowest BCUT2D eigenvalue weighted by atomic mass is 9.76. The van der Waals surface area contributed by atoms with E-state index in [1.165, 1.54) is 69.3 Å². The highest BCUT2D eigenvalue weighted by molar-refractivity contribution is 7.99. The molecule has 0 aromatic rings. The van der Waals surface area contributed by atoms with Crippen molar-refractivity contribution in [3.8, 4) is 0 Å². The molecule has 0 aromatic heterocycles. The summed E-state index contributed by atoms with van der Waals surface area (Å²) in [6.07, 6.45) is 12.4. The van der Waals surface area contributed by atoms with Gasteiger partial charge in [-0.2, -0.15) is 11.8 Å². The maximum atomic E-state index is 6.26. The van der Waals surface area contributed by atoms with Gasteiger partial charge in [-0.05, 0) is 62.5 Å². The van der Waals surface area contributed by atoms with Gasteiger partial charge < -0.3 is 10.1 Å². The highest BCUT2D eigenvalue weighted by Crippen LogP contribution is 2.42. The molecular weight excluding hydrogens is 266 g/mol. The van der Waals surface area contributed by atoms with Crippen LogP contribution in [0.5, 0.6) is 0 Å². The second-order valence-corrected chi connectivity index (χ2v) is 8.40. The molecule has 1 aliphatic carbocycles. The molecule has 1 spiro atoms. The fourth-order valence-corrected chi connectivity index (χ4v) is 5.89. The normalized spacial score (nSPS) is 32.5. The van der Waals surface area contributed by atoms with E-state index in [1.54, 1.807) is 0 Å². The Morgan fingerprint density at radius 3 is 2.65 bits per heavy atom. The molecule has 2 heterocycles. The van der Waals surface area contributed by atoms with Crippen molar-refractivity contribution in [2.45, 2.75) is 69.4 Å². The first-order valence-electron chi connectivity index (χ1n) is 8.70. The second kappa shape index (κ2) is 7.02. The van der Waals surface area contributed by atoms with Crippen molar-refractivity contribution >= 4 is 11.8 Å². The van der Waals surface area contributed by atoms with Crippen molar-refractivity contribution in [3.05, 3.63) is 0 Å². The van der Waals surface area contributed by atoms with Crippen molar-refractivity contribution < 1.29 is 4.74 Å². The lowest BCUT2D eigenvalue weighted by molar-refractivity contribution is -0.107. The van der Waals surface area contributed by atoms with Crippen molar-refractivity contribution in [1.82, 2.24) is 5.32 Å². The quantitative estimate of drug-likeness (QED) is 0.851. The molecule has 0 aromatic carbocycles. The minimum Gasteiger partial charge on any atom is -0.375 e. The van der Waals surface area contributed by atoms with Crippen LogP contribution in [0.2, 0.25) is 0 Å². The molecule has 116 valence electrons. The van der Waals surface area contributed by atoms with E-state index in [0.29, 0.717) is 0 Å². The van der Waals surface area contributed by atoms with E-state index >= 15 is 0 Å². The predicted molar refractivity (Wildman–Crippen MR) is 87.4 cm³/mol. The largest absolute Gasteiger partial charge is 0.375 e. The summed E-state index contributed by atoms with van der Waals surface area (Å²) >= 11 is 2.11. The van der Waals surface area contributed by atoms with Crippen molar-refractivity contribution in [1.29, 1.82) is 0 Å². The summed E-state index contributed by atoms with van der Waals surface area (Å²) in [4.78, 5) is 0. The van der Waals surface area contributed by atoms with Gasteiger partial charge in [-0.3, -0.25) is 0 Å². The summed E-state index contributed by atoms with van der Waals surface area (Å²) in [5.41, 5.74) is 0.249. The predicted octanol–water partition coefficient (Wildman–Crippen LogP) is 3.85. The van der Waals surface area contributed by atoms with Crippen LogP contribution in [0.3, 0.4) is 0 Å². The Labute approximate surface area is 128 Å². The third kappa shape index (κ3) is 3.53. The summed E-state index contributed by atoms with van der Waals surface area (Å²) in [5.74, 6) is 4.45. The average Bonchev–Trinajstić information content (AvgIpc) is 2.98. The smallest absolute Gasteiger partial charge is 0.0701 e. The minimum atomic E-state index is 0.249. The molecule has 3 aliphatic rings. The number of hydrogen-bond donors (Lipinski definition) is 1. The Bertz CT molecular complexity index is 292. The van der Waals surface area contributed by atoms with Crippen LogP contribution in [0.1, 0.15) is 57.8 Å². The van der Waals surface area contributed by atoms with E-state index < -0.39 is 0 Å². The first-order chi connectivity index (χ1) is 9.81. The molecule has 2 unspecified atom stereocenters. The maximum absolute atomic E-state index is 6.26. The molecular formula is C17H31NOS. The Morgan fingerprint density at radius 2 is 1.95 bits per heavy atom. The molecule has 0 amide bonds. The van der Waals surface area contributed by atoms with E-state index in [4.69, 9.17) is 4.74 Å². The van der Waals surface area contributed by atoms with Gasteiger partial charge in [0.15, 0.2) is 0 Å². The summed E-state index contributed by atoms with van der Waals surface area (Å²) in [7, 11) is 2.18. The van der Waals surface area contributed by atoms with Crippen LogP contribution in [0.15, 0.2) is 0 Å². The first kappa shape index (κ1) is 15.2. The van der Waals surface area contributed by atoms with E-state index in [0.717, 1.165) is 24.5 Å². The molecule has 2 atom stereocenters. The molecule has 20 heavy (non-hydrogen) atoms. The number of hydrogen-bond acceptors (Lipinski definition) is 3. The van der Waals surface area contributed by atoms with Crippen LogP contribution >= 0.6 is 11.8 Å². The Balaban J connectivity index is 1.58. The van der Waals surface area contributed by atoms with Gasteiger partial charge in [-0.25, -0.2) is 0 Å². The van der Waals surface area contributed by atoms with Gasteiger partial charge in [0.1, 0.15) is 0 Å². The highest BCUT2D eigenvalue weighted by Gasteiger charge is 2.41. The van der Waals surface area contributed by atoms with Gasteiger partial charge in [-0.1, -0.05) is 25.7 Å². The molecule has 0 radical (unpaired) electrons. The van der Waals surface area contributed by atoms with Crippen LogP contribution in [0, 0.1) is 11.8 Å². The van der Waals surface area contributed by atoms with Gasteiger partial charge in [0, 0.05) is 12.6 Å². The Kier molecular flexibility index (Phi) is 5.33. The highest BCUT2D eigenvalue weighted by atomic mass is 32.2. The molecule has 3 rings (SSSR count). The number of rotatable bonds is 4. The number of thioether (sulfide) groups is 1. The van der Waals surface area contributed by atoms with E-state index in [1.807, 2.05) is 0 Å². The van der Waals surface area contributed by atoms with Crippen molar-refractivity contribution in [2.24, 2.45) is 11.8 Å². The topological polar surface area (TPSA) is 21.3 Å². The van der Waals surface area contributed by atoms with E-state index in [-0.39, 0.29) is 5.60 Å². The molecule has 1 N–H and O–H groups in total. The average molecular weight is 298 g/mol. The molecule has 2 saturated heterocycles. The Hall–Kier alpha value is 0.270. The molecule has 2 nitrogen and oxygen atoms in total. The van der Waals surface area contributed by atoms with Crippen molar-refractivity contribution in [3.63, 3.8) is 0 Å². The van der Waals surface area contributed by atoms with Gasteiger partial charge in [-0.15, -0.1) is 0 Å². The lowest BCUT2D eigenvalue weighted by Gasteiger charge is -2.45. The number of nitrogens with one attached hydrogen (secondary N) is 1. The van der Waals surface area contributed by atoms with Crippen LogP contribution in [-0.4, -0.2) is 36.8 Å². The first-order valence-corrected chi connectivity index (χ1v) is 9.86. The Morgan fingerprint density at radius 1 is 1.20 bits per heavy atom. The van der Waals surface area contributed by atoms with Crippen LogP contribution in [-0.2, 0) is 4.74 Å². The second-order valence-electron chi connectivity index (χ2n) is 7.18. The standard InChI is InChI=1S/C17H31NOS/c1-18-16(12-14-4-2-3-5-14)15-6-9-19-17(13-15)7-10-20-11-8-17/h14-16,18H,2-13H2,1H3. The zero-order chi connectivity index (χ0) is 13.8. The van der Waals surface area contributed by atoms with Crippen molar-refractivity contribution in [2.75, 3.05) is 25.2 Å². The van der Waals surface area contributed by atoms with Gasteiger partial charge in [0.05, 0.1) is 5.60 Å². The summed E-state index contributed by atoms with van der Waals surface area (Å²) in [5, 5.41) is 3.66. The SMILES string of the molecule is CNC(CC1CCCC1)C1CCOC2(CCSCC2)C1. The zero-order valence-electron chi connectivity index (χ0n) is 13.0. The van der Waals surface area contributed by atoms with E-state index in [2.05, 4.69) is 24.1 Å². The molecule has 3 fully saturated rings. The van der Waals surface area contributed by atoms with Crippen LogP contribution in [0.25, 0.3) is 0 Å². The lowest BCUT2D eigenvalue weighted by Crippen LogP contribution is -2.48. The van der Waals surface area contributed by atoms with Crippen LogP contribution < -0.4 is 5.32 Å². The monoisotopic (exact) mass is 297 g/mol. The zero-order valence-corrected chi connectivity index (χ0v) is 13.9. The van der Waals surface area contributed by atoms with Crippen LogP contribution in [0.4, 0.5) is 0 Å². The molecule has 0 bridgehead atoms. The summed E-state index contributed by atoms with van der Waals surface area (Å²) in [6.45, 7) is 0.998. The molecule has 3 heteroatoms. The third-order valence-corrected chi connectivity index (χ3v) is 6.92. The minimum absolute atomic E-state index is 0.249. The third-order valence-electron chi connectivity index (χ3n) is 5.94. The van der Waals surface area contributed by atoms with Gasteiger partial charge in [0.25, 0.3) is 0 Å². The summed E-state index contributed by atoms with van der Waals surface area (Å²) in [6, 6.07) is 0.730. The fraction of sp³-hybridized carbons (Fsp3) is 1.00. The maximum Gasteiger partial charge on any atom is 0.0701 e. The molecule has 2 aliphatic heterocycles. The summed E-state index contributed by atoms with van der Waals surface area (Å²) < 4.78 is 6.26. The van der Waals surface area contributed by atoms with Gasteiger partial charge >= 0.3 is 0 Å². The fourth-order valence-electron chi connectivity index (χ4n) is 4.65. The van der Waals surface area contributed by atoms with E-state index in [9.17, 15) is 0 Å². The number of ether oxygens (including phenoxy) is 1. The molecule has 1 saturated carbocycles. The van der Waals surface area contributed by atoms with Gasteiger partial charge in [0.2, 0.25) is 0 Å².